The summed E-state index contributed by atoms with van der Waals surface area (Å²) < 4.78 is 6.99. The standard InChI is InChI=1S/C11H11N/c1-2-5-10-8-9-6-3-4-7-11(9)12-10/h2-7H,8H2,1H3/b5-2+/i1D. The van der Waals surface area contributed by atoms with E-state index in [9.17, 15) is 0 Å². The quantitative estimate of drug-likeness (QED) is 0.596. The van der Waals surface area contributed by atoms with Crippen LogP contribution in [0.2, 0.25) is 0 Å². The van der Waals surface area contributed by atoms with Crippen molar-refractivity contribution in [3.63, 3.8) is 0 Å². The van der Waals surface area contributed by atoms with E-state index < -0.39 is 0 Å². The van der Waals surface area contributed by atoms with Gasteiger partial charge in [-0.05, 0) is 24.6 Å². The fourth-order valence-electron chi connectivity index (χ4n) is 1.39. The van der Waals surface area contributed by atoms with Gasteiger partial charge in [0.2, 0.25) is 0 Å². The van der Waals surface area contributed by atoms with Crippen molar-refractivity contribution in [1.82, 2.24) is 0 Å². The molecule has 60 valence electrons. The summed E-state index contributed by atoms with van der Waals surface area (Å²) in [4.78, 5) is 4.44. The van der Waals surface area contributed by atoms with Gasteiger partial charge in [0.15, 0.2) is 0 Å². The molecule has 12 heavy (non-hydrogen) atoms. The first kappa shape index (κ1) is 6.18. The third-order valence-electron chi connectivity index (χ3n) is 1.94. The van der Waals surface area contributed by atoms with Gasteiger partial charge >= 0.3 is 0 Å². The van der Waals surface area contributed by atoms with Gasteiger partial charge in [0.1, 0.15) is 0 Å². The first-order valence-electron chi connectivity index (χ1n) is 4.72. The highest BCUT2D eigenvalue weighted by molar-refractivity contribution is 6.01. The highest BCUT2D eigenvalue weighted by Crippen LogP contribution is 2.25. The molecule has 1 heteroatoms. The van der Waals surface area contributed by atoms with E-state index in [2.05, 4.69) is 11.1 Å². The van der Waals surface area contributed by atoms with Crippen molar-refractivity contribution in [2.24, 2.45) is 4.99 Å². The molecule has 0 N–H and O–H groups in total. The molecule has 0 aromatic heterocycles. The van der Waals surface area contributed by atoms with Gasteiger partial charge < -0.3 is 0 Å². The summed E-state index contributed by atoms with van der Waals surface area (Å²) in [6.45, 7) is 0.329. The average Bonchev–Trinajstić information content (AvgIpc) is 2.57. The van der Waals surface area contributed by atoms with E-state index in [-0.39, 0.29) is 0 Å². The Morgan fingerprint density at radius 1 is 1.50 bits per heavy atom. The maximum absolute atomic E-state index is 6.99. The van der Waals surface area contributed by atoms with Gasteiger partial charge in [-0.1, -0.05) is 24.3 Å². The second-order valence-electron chi connectivity index (χ2n) is 2.81. The van der Waals surface area contributed by atoms with E-state index in [1.165, 1.54) is 5.56 Å². The van der Waals surface area contributed by atoms with Crippen LogP contribution in [0.15, 0.2) is 41.4 Å². The lowest BCUT2D eigenvalue weighted by Crippen LogP contribution is -1.90. The Hall–Kier alpha value is -1.37. The molecule has 0 bridgehead atoms. The number of para-hydroxylation sites is 1. The van der Waals surface area contributed by atoms with E-state index in [1.807, 2.05) is 30.4 Å². The van der Waals surface area contributed by atoms with Gasteiger partial charge in [0.05, 0.1) is 5.69 Å². The van der Waals surface area contributed by atoms with Crippen molar-refractivity contribution < 1.29 is 1.37 Å². The lowest BCUT2D eigenvalue weighted by Gasteiger charge is -1.91. The van der Waals surface area contributed by atoms with Crippen LogP contribution in [0.3, 0.4) is 0 Å². The molecular weight excluding hydrogens is 146 g/mol. The average molecular weight is 158 g/mol. The van der Waals surface area contributed by atoms with Gasteiger partial charge in [-0.3, -0.25) is 4.99 Å². The molecule has 0 fully saturated rings. The normalized spacial score (nSPS) is 16.0. The maximum atomic E-state index is 6.99. The Balaban J connectivity index is 2.21. The van der Waals surface area contributed by atoms with Gasteiger partial charge in [0.25, 0.3) is 0 Å². The molecule has 2 rings (SSSR count). The third kappa shape index (κ3) is 1.18. The Labute approximate surface area is 73.9 Å². The van der Waals surface area contributed by atoms with Crippen molar-refractivity contribution in [3.8, 4) is 0 Å². The molecule has 1 heterocycles. The van der Waals surface area contributed by atoms with Crippen LogP contribution in [0.4, 0.5) is 5.69 Å². The third-order valence-corrected chi connectivity index (χ3v) is 1.94. The van der Waals surface area contributed by atoms with Crippen LogP contribution in [-0.4, -0.2) is 5.71 Å². The Morgan fingerprint density at radius 2 is 2.42 bits per heavy atom. The van der Waals surface area contributed by atoms with E-state index in [4.69, 9.17) is 1.37 Å². The lowest BCUT2D eigenvalue weighted by atomic mass is 10.1. The zero-order valence-corrected chi connectivity index (χ0v) is 6.83. The molecule has 0 saturated carbocycles. The Kier molecular flexibility index (Phi) is 1.51. The summed E-state index contributed by atoms with van der Waals surface area (Å²) in [6, 6.07) is 8.15. The van der Waals surface area contributed by atoms with Gasteiger partial charge in [0, 0.05) is 13.5 Å². The molecule has 0 unspecified atom stereocenters. The monoisotopic (exact) mass is 158 g/mol. The minimum absolute atomic E-state index is 0.329. The second kappa shape index (κ2) is 2.94. The Morgan fingerprint density at radius 3 is 3.25 bits per heavy atom. The predicted octanol–water partition coefficient (Wildman–Crippen LogP) is 2.89. The number of allylic oxidation sites excluding steroid dienone is 2. The van der Waals surface area contributed by atoms with Gasteiger partial charge in [-0.2, -0.15) is 0 Å². The first-order valence-corrected chi connectivity index (χ1v) is 4.01. The summed E-state index contributed by atoms with van der Waals surface area (Å²) in [5, 5.41) is 0. The zero-order chi connectivity index (χ0) is 9.10. The molecule has 1 nitrogen and oxygen atoms in total. The topological polar surface area (TPSA) is 12.4 Å². The highest BCUT2D eigenvalue weighted by Gasteiger charge is 2.10. The Bertz CT molecular complexity index is 366. The van der Waals surface area contributed by atoms with E-state index >= 15 is 0 Å². The zero-order valence-electron chi connectivity index (χ0n) is 7.83. The van der Waals surface area contributed by atoms with E-state index in [0.717, 1.165) is 17.8 Å². The summed E-state index contributed by atoms with van der Waals surface area (Å²) in [7, 11) is 0. The van der Waals surface area contributed by atoms with Crippen LogP contribution in [0.25, 0.3) is 0 Å². The van der Waals surface area contributed by atoms with Crippen LogP contribution in [0.1, 0.15) is 13.8 Å². The van der Waals surface area contributed by atoms with Gasteiger partial charge in [-0.25, -0.2) is 0 Å². The largest absolute Gasteiger partial charge is 0.253 e. The van der Waals surface area contributed by atoms with Crippen molar-refractivity contribution in [1.29, 1.82) is 0 Å². The van der Waals surface area contributed by atoms with Crippen molar-refractivity contribution in [2.75, 3.05) is 0 Å². The summed E-state index contributed by atoms with van der Waals surface area (Å²) in [5.41, 5.74) is 3.42. The smallest absolute Gasteiger partial charge is 0.0669 e. The molecule has 1 aromatic carbocycles. The molecule has 0 spiro atoms. The van der Waals surface area contributed by atoms with E-state index in [0.29, 0.717) is 6.90 Å². The lowest BCUT2D eigenvalue weighted by molar-refractivity contribution is 1.40. The minimum atomic E-state index is 0.329. The van der Waals surface area contributed by atoms with E-state index in [1.54, 1.807) is 0 Å². The maximum Gasteiger partial charge on any atom is 0.0669 e. The van der Waals surface area contributed by atoms with Crippen LogP contribution in [0, 0.1) is 0 Å². The molecule has 1 aromatic rings. The van der Waals surface area contributed by atoms with Crippen molar-refractivity contribution in [2.45, 2.75) is 13.3 Å². The van der Waals surface area contributed by atoms with Crippen molar-refractivity contribution >= 4 is 11.4 Å². The highest BCUT2D eigenvalue weighted by atomic mass is 14.8. The summed E-state index contributed by atoms with van der Waals surface area (Å²) >= 11 is 0. The van der Waals surface area contributed by atoms with Crippen LogP contribution in [-0.2, 0) is 6.42 Å². The molecule has 0 saturated heterocycles. The van der Waals surface area contributed by atoms with Gasteiger partial charge in [-0.15, -0.1) is 0 Å². The first-order chi connectivity index (χ1) is 6.40. The fraction of sp³-hybridized carbons (Fsp3) is 0.182. The SMILES string of the molecule is [2H]C/C=C/C1=Nc2ccccc2C1. The summed E-state index contributed by atoms with van der Waals surface area (Å²) in [6.07, 6.45) is 4.67. The predicted molar refractivity (Wildman–Crippen MR) is 52.1 cm³/mol. The minimum Gasteiger partial charge on any atom is -0.253 e. The summed E-state index contributed by atoms with van der Waals surface area (Å²) in [5.74, 6) is 0. The van der Waals surface area contributed by atoms with Crippen LogP contribution in [0.5, 0.6) is 0 Å². The van der Waals surface area contributed by atoms with Crippen LogP contribution < -0.4 is 0 Å². The number of fused-ring (bicyclic) bond motifs is 1. The van der Waals surface area contributed by atoms with Crippen LogP contribution >= 0.6 is 0 Å². The molecular formula is C11H11N. The molecule has 1 aliphatic rings. The number of nitrogens with zero attached hydrogens (tertiary/aromatic N) is 1. The fourth-order valence-corrected chi connectivity index (χ4v) is 1.39. The second-order valence-corrected chi connectivity index (χ2v) is 2.81. The molecule has 0 radical (unpaired) electrons. The molecule has 0 aliphatic carbocycles. The number of hydrogen-bond acceptors (Lipinski definition) is 1. The molecule has 0 amide bonds. The number of aliphatic imine (C=N–C) groups is 1. The molecule has 1 aliphatic heterocycles. The number of rotatable bonds is 1. The van der Waals surface area contributed by atoms with Crippen molar-refractivity contribution in [3.05, 3.63) is 42.0 Å². The molecule has 0 atom stereocenters. The number of hydrogen-bond donors (Lipinski definition) is 0. The number of benzene rings is 1.